The predicted molar refractivity (Wildman–Crippen MR) is 65.8 cm³/mol. The highest BCUT2D eigenvalue weighted by Crippen LogP contribution is 2.22. The standard InChI is InChI=1S/C13H21NO4/c1-13(2,3)12(17)14-7-5-9(11(16)18-4)10(15)6-8-14/h9H,5-8H2,1-4H3. The van der Waals surface area contributed by atoms with E-state index in [0.29, 0.717) is 19.5 Å². The molecule has 0 saturated carbocycles. The fourth-order valence-corrected chi connectivity index (χ4v) is 2.05. The van der Waals surface area contributed by atoms with Gasteiger partial charge in [-0.1, -0.05) is 20.8 Å². The summed E-state index contributed by atoms with van der Waals surface area (Å²) in [6.45, 7) is 6.36. The van der Waals surface area contributed by atoms with E-state index in [1.54, 1.807) is 4.90 Å². The Morgan fingerprint density at radius 3 is 2.39 bits per heavy atom. The topological polar surface area (TPSA) is 63.7 Å². The molecule has 0 aromatic carbocycles. The minimum Gasteiger partial charge on any atom is -0.468 e. The summed E-state index contributed by atoms with van der Waals surface area (Å²) in [6, 6.07) is 0. The molecule has 1 atom stereocenters. The molecule has 1 fully saturated rings. The second kappa shape index (κ2) is 5.50. The van der Waals surface area contributed by atoms with Crippen LogP contribution in [0.2, 0.25) is 0 Å². The van der Waals surface area contributed by atoms with E-state index in [9.17, 15) is 14.4 Å². The Kier molecular flexibility index (Phi) is 4.48. The molecule has 0 spiro atoms. The highest BCUT2D eigenvalue weighted by molar-refractivity contribution is 5.99. The lowest BCUT2D eigenvalue weighted by Crippen LogP contribution is -2.40. The number of carbonyl (C=O) groups excluding carboxylic acids is 3. The van der Waals surface area contributed by atoms with Gasteiger partial charge in [-0.25, -0.2) is 0 Å². The van der Waals surface area contributed by atoms with Crippen LogP contribution in [0.3, 0.4) is 0 Å². The first-order valence-electron chi connectivity index (χ1n) is 6.17. The normalized spacial score (nSPS) is 21.4. The Labute approximate surface area is 107 Å². The van der Waals surface area contributed by atoms with E-state index < -0.39 is 17.3 Å². The molecular formula is C13H21NO4. The molecule has 0 aliphatic carbocycles. The lowest BCUT2D eigenvalue weighted by Gasteiger charge is -2.28. The van der Waals surface area contributed by atoms with Crippen LogP contribution in [-0.4, -0.2) is 42.8 Å². The van der Waals surface area contributed by atoms with E-state index in [-0.39, 0.29) is 18.1 Å². The summed E-state index contributed by atoms with van der Waals surface area (Å²) in [7, 11) is 1.28. The van der Waals surface area contributed by atoms with Crippen molar-refractivity contribution in [2.75, 3.05) is 20.2 Å². The Morgan fingerprint density at radius 1 is 1.28 bits per heavy atom. The maximum absolute atomic E-state index is 12.1. The Hall–Kier alpha value is -1.39. The molecular weight excluding hydrogens is 234 g/mol. The molecule has 0 N–H and O–H groups in total. The lowest BCUT2D eigenvalue weighted by atomic mass is 9.94. The van der Waals surface area contributed by atoms with Gasteiger partial charge in [-0.2, -0.15) is 0 Å². The maximum atomic E-state index is 12.1. The van der Waals surface area contributed by atoms with Gasteiger partial charge in [0.1, 0.15) is 11.7 Å². The van der Waals surface area contributed by atoms with E-state index in [1.165, 1.54) is 7.11 Å². The van der Waals surface area contributed by atoms with Crippen LogP contribution >= 0.6 is 0 Å². The smallest absolute Gasteiger partial charge is 0.316 e. The number of nitrogens with zero attached hydrogens (tertiary/aromatic N) is 1. The van der Waals surface area contributed by atoms with Crippen molar-refractivity contribution in [1.82, 2.24) is 4.90 Å². The number of hydrogen-bond donors (Lipinski definition) is 0. The number of Topliss-reactive ketones (excluding diaryl/α,β-unsaturated/α-hetero) is 1. The van der Waals surface area contributed by atoms with Crippen LogP contribution < -0.4 is 0 Å². The summed E-state index contributed by atoms with van der Waals surface area (Å²) in [4.78, 5) is 37.0. The van der Waals surface area contributed by atoms with Crippen LogP contribution in [0.4, 0.5) is 0 Å². The van der Waals surface area contributed by atoms with Gasteiger partial charge in [0.25, 0.3) is 0 Å². The van der Waals surface area contributed by atoms with Gasteiger partial charge in [0.05, 0.1) is 7.11 Å². The Morgan fingerprint density at radius 2 is 1.89 bits per heavy atom. The summed E-state index contributed by atoms with van der Waals surface area (Å²) in [5.74, 6) is -1.33. The number of amides is 1. The van der Waals surface area contributed by atoms with Gasteiger partial charge < -0.3 is 9.64 Å². The van der Waals surface area contributed by atoms with Crippen molar-refractivity contribution in [1.29, 1.82) is 0 Å². The highest BCUT2D eigenvalue weighted by atomic mass is 16.5. The first-order chi connectivity index (χ1) is 8.27. The fraction of sp³-hybridized carbons (Fsp3) is 0.769. The van der Waals surface area contributed by atoms with Crippen molar-refractivity contribution in [3.8, 4) is 0 Å². The van der Waals surface area contributed by atoms with Crippen molar-refractivity contribution in [2.24, 2.45) is 11.3 Å². The monoisotopic (exact) mass is 255 g/mol. The summed E-state index contributed by atoms with van der Waals surface area (Å²) in [5.41, 5.74) is -0.464. The molecule has 1 aliphatic heterocycles. The number of carbonyl (C=O) groups is 3. The zero-order valence-corrected chi connectivity index (χ0v) is 11.5. The minimum absolute atomic E-state index is 0.0146. The van der Waals surface area contributed by atoms with Gasteiger partial charge >= 0.3 is 5.97 Å². The molecule has 1 saturated heterocycles. The molecule has 5 heteroatoms. The molecule has 18 heavy (non-hydrogen) atoms. The SMILES string of the molecule is COC(=O)C1CCN(C(=O)C(C)(C)C)CCC1=O. The Bertz CT molecular complexity index is 356. The van der Waals surface area contributed by atoms with Gasteiger partial charge in [-0.3, -0.25) is 14.4 Å². The van der Waals surface area contributed by atoms with E-state index in [0.717, 1.165) is 0 Å². The van der Waals surface area contributed by atoms with Crippen molar-refractivity contribution in [3.05, 3.63) is 0 Å². The predicted octanol–water partition coefficient (Wildman–Crippen LogP) is 1.01. The Balaban J connectivity index is 2.74. The molecule has 1 unspecified atom stereocenters. The van der Waals surface area contributed by atoms with Crippen LogP contribution in [0.15, 0.2) is 0 Å². The maximum Gasteiger partial charge on any atom is 0.316 e. The summed E-state index contributed by atoms with van der Waals surface area (Å²) < 4.78 is 4.62. The molecule has 102 valence electrons. The number of hydrogen-bond acceptors (Lipinski definition) is 4. The fourth-order valence-electron chi connectivity index (χ4n) is 2.05. The van der Waals surface area contributed by atoms with Gasteiger partial charge in [0.2, 0.25) is 5.91 Å². The molecule has 5 nitrogen and oxygen atoms in total. The van der Waals surface area contributed by atoms with Crippen LogP contribution in [0.5, 0.6) is 0 Å². The average Bonchev–Trinajstić information content (AvgIpc) is 2.48. The van der Waals surface area contributed by atoms with Crippen molar-refractivity contribution in [2.45, 2.75) is 33.6 Å². The minimum atomic E-state index is -0.715. The third-order valence-electron chi connectivity index (χ3n) is 3.12. The lowest BCUT2D eigenvalue weighted by molar-refractivity contribution is -0.149. The highest BCUT2D eigenvalue weighted by Gasteiger charge is 2.34. The molecule has 0 radical (unpaired) electrons. The molecule has 1 amide bonds. The quantitative estimate of drug-likeness (QED) is 0.518. The summed E-state index contributed by atoms with van der Waals surface area (Å²) in [6.07, 6.45) is 0.578. The number of methoxy groups -OCH3 is 1. The average molecular weight is 255 g/mol. The molecule has 1 aliphatic rings. The number of ether oxygens (including phenoxy) is 1. The van der Waals surface area contributed by atoms with E-state index in [1.807, 2.05) is 20.8 Å². The van der Waals surface area contributed by atoms with Gasteiger partial charge in [0, 0.05) is 24.9 Å². The number of likely N-dealkylation sites (tertiary alicyclic amines) is 1. The molecule has 0 aromatic rings. The number of rotatable bonds is 1. The number of esters is 1. The first kappa shape index (κ1) is 14.7. The second-order valence-electron chi connectivity index (χ2n) is 5.62. The number of ketones is 1. The van der Waals surface area contributed by atoms with Gasteiger partial charge in [-0.05, 0) is 6.42 Å². The van der Waals surface area contributed by atoms with Gasteiger partial charge in [-0.15, -0.1) is 0 Å². The largest absolute Gasteiger partial charge is 0.468 e. The van der Waals surface area contributed by atoms with Crippen molar-refractivity contribution < 1.29 is 19.1 Å². The molecule has 0 aromatic heterocycles. The van der Waals surface area contributed by atoms with Gasteiger partial charge in [0.15, 0.2) is 0 Å². The van der Waals surface area contributed by atoms with Crippen molar-refractivity contribution >= 4 is 17.7 Å². The van der Waals surface area contributed by atoms with Crippen LogP contribution in [0, 0.1) is 11.3 Å². The van der Waals surface area contributed by atoms with Crippen LogP contribution in [-0.2, 0) is 19.1 Å². The van der Waals surface area contributed by atoms with Crippen LogP contribution in [0.25, 0.3) is 0 Å². The zero-order chi connectivity index (χ0) is 13.9. The zero-order valence-electron chi connectivity index (χ0n) is 11.5. The van der Waals surface area contributed by atoms with Crippen molar-refractivity contribution in [3.63, 3.8) is 0 Å². The summed E-state index contributed by atoms with van der Waals surface area (Å²) >= 11 is 0. The third-order valence-corrected chi connectivity index (χ3v) is 3.12. The molecule has 0 bridgehead atoms. The third kappa shape index (κ3) is 3.31. The van der Waals surface area contributed by atoms with E-state index >= 15 is 0 Å². The molecule has 1 heterocycles. The first-order valence-corrected chi connectivity index (χ1v) is 6.17. The summed E-state index contributed by atoms with van der Waals surface area (Å²) in [5, 5.41) is 0. The van der Waals surface area contributed by atoms with E-state index in [4.69, 9.17) is 0 Å². The second-order valence-corrected chi connectivity index (χ2v) is 5.62. The van der Waals surface area contributed by atoms with Crippen LogP contribution in [0.1, 0.15) is 33.6 Å². The van der Waals surface area contributed by atoms with E-state index in [2.05, 4.69) is 4.74 Å². The molecule has 1 rings (SSSR count).